The molecule has 0 radical (unpaired) electrons. The van der Waals surface area contributed by atoms with Crippen LogP contribution in [0.15, 0.2) is 66.7 Å². The zero-order valence-electron chi connectivity index (χ0n) is 18.6. The van der Waals surface area contributed by atoms with Gasteiger partial charge < -0.3 is 14.6 Å². The number of hydrogen-bond donors (Lipinski definition) is 1. The first-order valence-electron chi connectivity index (χ1n) is 11.4. The van der Waals surface area contributed by atoms with Crippen molar-refractivity contribution in [2.45, 2.75) is 31.8 Å². The summed E-state index contributed by atoms with van der Waals surface area (Å²) in [7, 11) is 1.61. The molecule has 1 aliphatic heterocycles. The van der Waals surface area contributed by atoms with Gasteiger partial charge in [0.25, 0.3) is 5.69 Å². The van der Waals surface area contributed by atoms with Gasteiger partial charge in [-0.05, 0) is 49.1 Å². The van der Waals surface area contributed by atoms with Crippen LogP contribution in [0.5, 0.6) is 5.75 Å². The van der Waals surface area contributed by atoms with Crippen molar-refractivity contribution in [3.63, 3.8) is 0 Å². The molecule has 0 bridgehead atoms. The summed E-state index contributed by atoms with van der Waals surface area (Å²) in [4.78, 5) is 11.5. The van der Waals surface area contributed by atoms with Crippen LogP contribution in [0.2, 0.25) is 0 Å². The molecule has 0 fully saturated rings. The monoisotopic (exact) mass is 439 g/mol. The van der Waals surface area contributed by atoms with Gasteiger partial charge in [0.1, 0.15) is 5.75 Å². The lowest BCUT2D eigenvalue weighted by Crippen LogP contribution is -2.30. The topological polar surface area (TPSA) is 69.3 Å². The van der Waals surface area contributed by atoms with Gasteiger partial charge in [-0.3, -0.25) is 10.1 Å². The summed E-state index contributed by atoms with van der Waals surface area (Å²) in [6.07, 6.45) is 5.17. The van der Waals surface area contributed by atoms with Crippen LogP contribution in [0, 0.1) is 16.0 Å². The van der Waals surface area contributed by atoms with Crippen molar-refractivity contribution in [2.24, 2.45) is 5.92 Å². The molecule has 3 aromatic carbocycles. The number of nitrogens with zero attached hydrogens (tertiary/aromatic N) is 2. The average Bonchev–Trinajstić information content (AvgIpc) is 3.45. The number of hydrogen-bond acceptors (Lipinski definition) is 4. The highest BCUT2D eigenvalue weighted by Crippen LogP contribution is 2.55. The van der Waals surface area contributed by atoms with Crippen LogP contribution in [0.3, 0.4) is 0 Å². The summed E-state index contributed by atoms with van der Waals surface area (Å²) >= 11 is 0. The molecule has 6 nitrogen and oxygen atoms in total. The normalized spacial score (nSPS) is 21.1. The molecule has 3 unspecified atom stereocenters. The number of nitrogens with one attached hydrogen (secondary N) is 1. The van der Waals surface area contributed by atoms with Crippen molar-refractivity contribution in [1.29, 1.82) is 0 Å². The van der Waals surface area contributed by atoms with Gasteiger partial charge in [-0.25, -0.2) is 0 Å². The molecule has 0 saturated carbocycles. The zero-order valence-corrected chi connectivity index (χ0v) is 18.6. The third kappa shape index (κ3) is 2.80. The van der Waals surface area contributed by atoms with Gasteiger partial charge in [-0.15, -0.1) is 0 Å². The molecule has 6 heteroatoms. The van der Waals surface area contributed by atoms with E-state index in [1.54, 1.807) is 19.2 Å². The fourth-order valence-electron chi connectivity index (χ4n) is 5.93. The quantitative estimate of drug-likeness (QED) is 0.222. The number of ether oxygens (including phenoxy) is 1. The summed E-state index contributed by atoms with van der Waals surface area (Å²) < 4.78 is 7.96. The number of fused-ring (bicyclic) bond motifs is 6. The minimum absolute atomic E-state index is 0.0190. The van der Waals surface area contributed by atoms with E-state index in [-0.39, 0.29) is 28.5 Å². The number of aromatic nitrogens is 1. The molecule has 33 heavy (non-hydrogen) atoms. The molecule has 0 spiro atoms. The first-order valence-corrected chi connectivity index (χ1v) is 11.4. The van der Waals surface area contributed by atoms with Gasteiger partial charge in [0.05, 0.1) is 29.3 Å². The van der Waals surface area contributed by atoms with Gasteiger partial charge in [0.2, 0.25) is 0 Å². The maximum absolute atomic E-state index is 11.8. The number of para-hydroxylation sites is 1. The molecule has 1 aromatic heterocycles. The molecule has 6 rings (SSSR count). The molecule has 4 aromatic rings. The fraction of sp³-hybridized carbons (Fsp3) is 0.259. The fourth-order valence-corrected chi connectivity index (χ4v) is 5.93. The number of methoxy groups -OCH3 is 1. The Morgan fingerprint density at radius 3 is 2.73 bits per heavy atom. The van der Waals surface area contributed by atoms with E-state index >= 15 is 0 Å². The highest BCUT2D eigenvalue weighted by Gasteiger charge is 2.43. The van der Waals surface area contributed by atoms with Crippen LogP contribution in [0.25, 0.3) is 21.8 Å². The largest absolute Gasteiger partial charge is 0.495 e. The molecule has 2 heterocycles. The SMILES string of the molecule is CCn1c2ccccc2c2cc(C3Nc4c(OC)ccc([N+](=O)[O-])c4C4C=CCC43)ccc21. The maximum atomic E-state index is 11.8. The van der Waals surface area contributed by atoms with Crippen LogP contribution in [0.4, 0.5) is 11.4 Å². The molecule has 1 N–H and O–H groups in total. The maximum Gasteiger partial charge on any atom is 0.275 e. The third-order valence-corrected chi connectivity index (χ3v) is 7.35. The van der Waals surface area contributed by atoms with Crippen molar-refractivity contribution in [1.82, 2.24) is 4.57 Å². The molecule has 0 amide bonds. The molecule has 1 aliphatic carbocycles. The molecule has 0 saturated heterocycles. The molecule has 2 aliphatic rings. The average molecular weight is 440 g/mol. The number of nitro benzene ring substituents is 1. The minimum atomic E-state index is -0.283. The number of benzene rings is 3. The smallest absolute Gasteiger partial charge is 0.275 e. The van der Waals surface area contributed by atoms with Crippen LogP contribution in [-0.2, 0) is 6.54 Å². The van der Waals surface area contributed by atoms with E-state index in [1.165, 1.54) is 27.4 Å². The second-order valence-electron chi connectivity index (χ2n) is 8.85. The Bertz CT molecular complexity index is 1450. The lowest BCUT2D eigenvalue weighted by atomic mass is 9.76. The highest BCUT2D eigenvalue weighted by atomic mass is 16.6. The number of rotatable bonds is 4. The zero-order chi connectivity index (χ0) is 22.7. The van der Waals surface area contributed by atoms with Crippen molar-refractivity contribution < 1.29 is 9.66 Å². The van der Waals surface area contributed by atoms with Gasteiger partial charge >= 0.3 is 0 Å². The van der Waals surface area contributed by atoms with Gasteiger partial charge in [0.15, 0.2) is 0 Å². The van der Waals surface area contributed by atoms with Crippen LogP contribution < -0.4 is 10.1 Å². The van der Waals surface area contributed by atoms with Gasteiger partial charge in [0, 0.05) is 40.3 Å². The highest BCUT2D eigenvalue weighted by molar-refractivity contribution is 6.08. The summed E-state index contributed by atoms with van der Waals surface area (Å²) in [5, 5.41) is 18.0. The van der Waals surface area contributed by atoms with Gasteiger partial charge in [-0.1, -0.05) is 36.4 Å². The van der Waals surface area contributed by atoms with E-state index < -0.39 is 0 Å². The van der Waals surface area contributed by atoms with E-state index in [2.05, 4.69) is 71.4 Å². The van der Waals surface area contributed by atoms with Crippen LogP contribution in [-0.4, -0.2) is 16.6 Å². The van der Waals surface area contributed by atoms with Crippen molar-refractivity contribution in [3.05, 3.63) is 88.0 Å². The summed E-state index contributed by atoms with van der Waals surface area (Å²) in [5.74, 6) is 0.831. The second-order valence-corrected chi connectivity index (χ2v) is 8.85. The summed E-state index contributed by atoms with van der Waals surface area (Å²) in [6.45, 7) is 3.08. The van der Waals surface area contributed by atoms with Gasteiger partial charge in [-0.2, -0.15) is 0 Å². The minimum Gasteiger partial charge on any atom is -0.495 e. The summed E-state index contributed by atoms with van der Waals surface area (Å²) in [6, 6.07) is 18.5. The first kappa shape index (κ1) is 19.9. The lowest BCUT2D eigenvalue weighted by Gasteiger charge is -2.37. The number of nitro groups is 1. The molecule has 166 valence electrons. The lowest BCUT2D eigenvalue weighted by molar-refractivity contribution is -0.385. The predicted octanol–water partition coefficient (Wildman–Crippen LogP) is 6.56. The van der Waals surface area contributed by atoms with E-state index in [0.29, 0.717) is 5.75 Å². The predicted molar refractivity (Wildman–Crippen MR) is 131 cm³/mol. The van der Waals surface area contributed by atoms with Crippen molar-refractivity contribution in [2.75, 3.05) is 12.4 Å². The number of anilines is 1. The standard InChI is InChI=1S/C27H25N3O3/c1-3-29-21-10-5-4-7-17(21)20-15-16(11-12-22(20)29)26-19-9-6-8-18(19)25-23(30(31)32)13-14-24(33-2)27(25)28-26/h4-8,10-15,18-19,26,28H,3,9H2,1-2H3. The number of allylic oxidation sites excluding steroid dienone is 2. The van der Waals surface area contributed by atoms with E-state index in [0.717, 1.165) is 24.2 Å². The van der Waals surface area contributed by atoms with E-state index in [1.807, 2.05) is 0 Å². The second kappa shape index (κ2) is 7.37. The Morgan fingerprint density at radius 1 is 1.12 bits per heavy atom. The molecular weight excluding hydrogens is 414 g/mol. The Labute approximate surface area is 191 Å². The van der Waals surface area contributed by atoms with Crippen LogP contribution in [0.1, 0.15) is 36.4 Å². The Morgan fingerprint density at radius 2 is 1.94 bits per heavy atom. The van der Waals surface area contributed by atoms with Crippen molar-refractivity contribution in [3.8, 4) is 5.75 Å². The molecule has 3 atom stereocenters. The summed E-state index contributed by atoms with van der Waals surface area (Å²) in [5.41, 5.74) is 5.29. The van der Waals surface area contributed by atoms with E-state index in [4.69, 9.17) is 4.74 Å². The van der Waals surface area contributed by atoms with Crippen molar-refractivity contribution >= 4 is 33.2 Å². The Hall–Kier alpha value is -3.80. The Balaban J connectivity index is 1.54. The first-order chi connectivity index (χ1) is 16.1. The number of aryl methyl sites for hydroxylation is 1. The molecular formula is C27H25N3O3. The van der Waals surface area contributed by atoms with E-state index in [9.17, 15) is 10.1 Å². The van der Waals surface area contributed by atoms with Crippen LogP contribution >= 0.6 is 0 Å². The third-order valence-electron chi connectivity index (χ3n) is 7.35. The Kier molecular flexibility index (Phi) is 4.43.